The van der Waals surface area contributed by atoms with Gasteiger partial charge in [-0.3, -0.25) is 0 Å². The Labute approximate surface area is 360 Å². The summed E-state index contributed by atoms with van der Waals surface area (Å²) in [7, 11) is -3.70. The Hall–Kier alpha value is -3.39. The van der Waals surface area contributed by atoms with Crippen LogP contribution in [-0.4, -0.2) is 16.1 Å². The molecule has 0 radical (unpaired) electrons. The molecule has 0 unspecified atom stereocenters. The average Bonchev–Trinajstić information content (AvgIpc) is 3.81. The molecular weight excluding hydrogens is 769 g/mol. The molecule has 0 bridgehead atoms. The lowest BCUT2D eigenvalue weighted by atomic mass is 9.90. The maximum absolute atomic E-state index is 4.31. The molecule has 2 heterocycles. The Balaban J connectivity index is 1.62. The highest BCUT2D eigenvalue weighted by Gasteiger charge is 2.31. The molecule has 0 spiro atoms. The SMILES string of the molecule is CCCC[Si](C#Cc1c2cc3sc4ccccc4c3cc2c(C#C[Si](CCCC)(CCCC)CCCC)c2cc3c(cc12)sc1ccccc13)(CCCC)CCCC. The van der Waals surface area contributed by atoms with Crippen LogP contribution < -0.4 is 0 Å². The minimum atomic E-state index is -1.86. The van der Waals surface area contributed by atoms with Crippen LogP contribution in [0.15, 0.2) is 72.8 Å². The Kier molecular flexibility index (Phi) is 14.6. The molecule has 2 aromatic heterocycles. The van der Waals surface area contributed by atoms with E-state index in [1.165, 1.54) is 186 Å². The molecule has 0 aliphatic heterocycles. The summed E-state index contributed by atoms with van der Waals surface area (Å²) in [6.45, 7) is 14.2. The number of thiophene rings is 2. The van der Waals surface area contributed by atoms with Crippen LogP contribution in [-0.2, 0) is 0 Å². The molecular formula is C54H66S2Si2. The minimum Gasteiger partial charge on any atom is -0.135 e. The maximum atomic E-state index is 4.31. The lowest BCUT2D eigenvalue weighted by Crippen LogP contribution is -2.32. The van der Waals surface area contributed by atoms with Gasteiger partial charge in [0.2, 0.25) is 0 Å². The first-order valence-electron chi connectivity index (χ1n) is 23.1. The van der Waals surface area contributed by atoms with E-state index in [9.17, 15) is 0 Å². The highest BCUT2D eigenvalue weighted by molar-refractivity contribution is 7.26. The highest BCUT2D eigenvalue weighted by atomic mass is 32.1. The van der Waals surface area contributed by atoms with Gasteiger partial charge in [-0.15, -0.1) is 33.8 Å². The van der Waals surface area contributed by atoms with Crippen LogP contribution in [0.5, 0.6) is 0 Å². The van der Waals surface area contributed by atoms with E-state index in [0.29, 0.717) is 0 Å². The van der Waals surface area contributed by atoms with E-state index in [1.807, 2.05) is 22.7 Å². The quantitative estimate of drug-likeness (QED) is 0.0459. The minimum absolute atomic E-state index is 1.25. The zero-order chi connectivity index (χ0) is 40.5. The zero-order valence-electron chi connectivity index (χ0n) is 36.5. The molecule has 5 aromatic carbocycles. The highest BCUT2D eigenvalue weighted by Crippen LogP contribution is 2.44. The van der Waals surface area contributed by atoms with Gasteiger partial charge in [-0.2, -0.15) is 0 Å². The van der Waals surface area contributed by atoms with Gasteiger partial charge in [0.05, 0.1) is 0 Å². The summed E-state index contributed by atoms with van der Waals surface area (Å²) >= 11 is 3.87. The van der Waals surface area contributed by atoms with Gasteiger partial charge in [0.15, 0.2) is 0 Å². The topological polar surface area (TPSA) is 0 Å². The van der Waals surface area contributed by atoms with Crippen LogP contribution in [0.4, 0.5) is 0 Å². The van der Waals surface area contributed by atoms with Crippen LogP contribution in [0.1, 0.15) is 130 Å². The van der Waals surface area contributed by atoms with Gasteiger partial charge in [-0.05, 0) is 83.4 Å². The number of hydrogen-bond acceptors (Lipinski definition) is 2. The Morgan fingerprint density at radius 1 is 0.362 bits per heavy atom. The van der Waals surface area contributed by atoms with E-state index in [1.54, 1.807) is 0 Å². The van der Waals surface area contributed by atoms with Gasteiger partial charge < -0.3 is 0 Å². The molecule has 0 saturated carbocycles. The van der Waals surface area contributed by atoms with Gasteiger partial charge in [0, 0.05) is 62.2 Å². The van der Waals surface area contributed by atoms with E-state index in [2.05, 4.69) is 137 Å². The number of hydrogen-bond donors (Lipinski definition) is 0. The Bertz CT molecular complexity index is 2460. The predicted molar refractivity (Wildman–Crippen MR) is 271 cm³/mol. The van der Waals surface area contributed by atoms with Gasteiger partial charge in [0.1, 0.15) is 16.1 Å². The molecule has 58 heavy (non-hydrogen) atoms. The van der Waals surface area contributed by atoms with Gasteiger partial charge in [-0.25, -0.2) is 0 Å². The molecule has 0 nitrogen and oxygen atoms in total. The van der Waals surface area contributed by atoms with E-state index >= 15 is 0 Å². The number of rotatable bonds is 18. The number of unbranched alkanes of at least 4 members (excludes halogenated alkanes) is 6. The third kappa shape index (κ3) is 9.03. The van der Waals surface area contributed by atoms with Crippen molar-refractivity contribution in [2.45, 2.75) is 155 Å². The lowest BCUT2D eigenvalue weighted by Gasteiger charge is -2.26. The van der Waals surface area contributed by atoms with Gasteiger partial charge in [0.25, 0.3) is 0 Å². The van der Waals surface area contributed by atoms with Crippen molar-refractivity contribution in [3.63, 3.8) is 0 Å². The molecule has 0 aliphatic rings. The summed E-state index contributed by atoms with van der Waals surface area (Å²) in [5, 5.41) is 10.7. The Morgan fingerprint density at radius 2 is 0.672 bits per heavy atom. The summed E-state index contributed by atoms with van der Waals surface area (Å²) in [6, 6.07) is 36.1. The molecule has 0 N–H and O–H groups in total. The van der Waals surface area contributed by atoms with E-state index in [4.69, 9.17) is 0 Å². The van der Waals surface area contributed by atoms with Crippen LogP contribution >= 0.6 is 22.7 Å². The second-order valence-electron chi connectivity index (χ2n) is 17.4. The fourth-order valence-corrected chi connectivity index (χ4v) is 21.0. The van der Waals surface area contributed by atoms with Crippen molar-refractivity contribution >= 4 is 101 Å². The first-order chi connectivity index (χ1) is 28.4. The third-order valence-corrected chi connectivity index (χ3v) is 24.5. The smallest absolute Gasteiger partial charge is 0.135 e. The van der Waals surface area contributed by atoms with Crippen molar-refractivity contribution in [3.05, 3.63) is 83.9 Å². The Morgan fingerprint density at radius 3 is 1.00 bits per heavy atom. The fraction of sp³-hybridized carbons (Fsp3) is 0.444. The van der Waals surface area contributed by atoms with Crippen molar-refractivity contribution in [2.24, 2.45) is 0 Å². The molecule has 7 aromatic rings. The summed E-state index contributed by atoms with van der Waals surface area (Å²) in [5.41, 5.74) is 11.1. The van der Waals surface area contributed by atoms with Crippen LogP contribution in [0.3, 0.4) is 0 Å². The fourth-order valence-electron chi connectivity index (χ4n) is 9.54. The molecule has 0 atom stereocenters. The first-order valence-corrected chi connectivity index (χ1v) is 30.0. The summed E-state index contributed by atoms with van der Waals surface area (Å²) in [4.78, 5) is 0. The second-order valence-corrected chi connectivity index (χ2v) is 28.2. The average molecular weight is 835 g/mol. The molecule has 0 fully saturated rings. The standard InChI is InChI=1S/C54H66S2Si2/c1-7-13-29-57(30-14-8-2,31-15-9-3)35-27-41-45-37-49-43-23-19-21-25-51(43)55-53(49)39-47(45)42(28-36-58(32-16-10-4,33-17-11-5)34-18-12-6)48-40-54-50(38-46(41)48)44-24-20-22-26-52(44)56-54/h19-26,37-40H,7-18,29-34H2,1-6H3. The van der Waals surface area contributed by atoms with Crippen molar-refractivity contribution < 1.29 is 0 Å². The molecule has 0 aliphatic carbocycles. The number of fused-ring (bicyclic) bond motifs is 8. The molecule has 302 valence electrons. The zero-order valence-corrected chi connectivity index (χ0v) is 40.1. The molecule has 7 rings (SSSR count). The summed E-state index contributed by atoms with van der Waals surface area (Å²) in [5.74, 6) is 8.33. The summed E-state index contributed by atoms with van der Waals surface area (Å²) < 4.78 is 5.45. The largest absolute Gasteiger partial charge is 0.138 e. The molecule has 0 amide bonds. The van der Waals surface area contributed by atoms with E-state index < -0.39 is 16.1 Å². The van der Waals surface area contributed by atoms with Crippen LogP contribution in [0.2, 0.25) is 36.3 Å². The molecule has 0 saturated heterocycles. The van der Waals surface area contributed by atoms with Crippen molar-refractivity contribution in [3.8, 4) is 22.9 Å². The lowest BCUT2D eigenvalue weighted by molar-refractivity contribution is 0.802. The van der Waals surface area contributed by atoms with Gasteiger partial charge >= 0.3 is 0 Å². The molecule has 4 heteroatoms. The summed E-state index contributed by atoms with van der Waals surface area (Å²) in [6.07, 6.45) is 15.3. The maximum Gasteiger partial charge on any atom is 0.138 e. The van der Waals surface area contributed by atoms with Gasteiger partial charge in [-0.1, -0.05) is 167 Å². The third-order valence-electron chi connectivity index (χ3n) is 13.1. The van der Waals surface area contributed by atoms with Crippen molar-refractivity contribution in [2.75, 3.05) is 0 Å². The number of benzene rings is 5. The van der Waals surface area contributed by atoms with E-state index in [-0.39, 0.29) is 0 Å². The van der Waals surface area contributed by atoms with E-state index in [0.717, 1.165) is 0 Å². The van der Waals surface area contributed by atoms with Crippen molar-refractivity contribution in [1.29, 1.82) is 0 Å². The van der Waals surface area contributed by atoms with Crippen LogP contribution in [0, 0.1) is 22.9 Å². The predicted octanol–water partition coefficient (Wildman–Crippen LogP) is 18.2. The first kappa shape index (κ1) is 42.7. The van der Waals surface area contributed by atoms with Crippen molar-refractivity contribution in [1.82, 2.24) is 0 Å². The normalized spacial score (nSPS) is 12.2. The monoisotopic (exact) mass is 834 g/mol. The second kappa shape index (κ2) is 19.8. The van der Waals surface area contributed by atoms with Crippen LogP contribution in [0.25, 0.3) is 61.9 Å².